The highest BCUT2D eigenvalue weighted by Crippen LogP contribution is 2.26. The SMILES string of the molecule is CCc1cc(Nc2ncn(-c3ccccc3)n2)cc(N2CCN(C3COC3)CC2)c1. The molecule has 2 fully saturated rings. The van der Waals surface area contributed by atoms with E-state index in [2.05, 4.69) is 50.3 Å². The van der Waals surface area contributed by atoms with Gasteiger partial charge in [0.2, 0.25) is 5.95 Å². The van der Waals surface area contributed by atoms with E-state index in [0.29, 0.717) is 12.0 Å². The minimum atomic E-state index is 0.604. The Balaban J connectivity index is 1.30. The van der Waals surface area contributed by atoms with E-state index in [0.717, 1.165) is 57.2 Å². The van der Waals surface area contributed by atoms with Crippen molar-refractivity contribution in [1.82, 2.24) is 19.7 Å². The van der Waals surface area contributed by atoms with E-state index in [-0.39, 0.29) is 0 Å². The lowest BCUT2D eigenvalue weighted by molar-refractivity contribution is -0.0660. The largest absolute Gasteiger partial charge is 0.378 e. The summed E-state index contributed by atoms with van der Waals surface area (Å²) in [4.78, 5) is 9.48. The molecule has 0 spiro atoms. The fourth-order valence-corrected chi connectivity index (χ4v) is 4.07. The topological polar surface area (TPSA) is 58.5 Å². The van der Waals surface area contributed by atoms with E-state index < -0.39 is 0 Å². The number of piperazine rings is 1. The summed E-state index contributed by atoms with van der Waals surface area (Å²) in [6.45, 7) is 8.25. The maximum absolute atomic E-state index is 5.36. The maximum atomic E-state index is 5.36. The Hall–Kier alpha value is -2.90. The quantitative estimate of drug-likeness (QED) is 0.681. The number of aryl methyl sites for hydroxylation is 1. The molecule has 0 amide bonds. The first-order chi connectivity index (χ1) is 14.8. The zero-order valence-electron chi connectivity index (χ0n) is 17.4. The summed E-state index contributed by atoms with van der Waals surface area (Å²) in [5.41, 5.74) is 4.61. The van der Waals surface area contributed by atoms with Crippen LogP contribution in [0.15, 0.2) is 54.9 Å². The van der Waals surface area contributed by atoms with E-state index in [1.54, 1.807) is 11.0 Å². The van der Waals surface area contributed by atoms with Crippen LogP contribution in [0.4, 0.5) is 17.3 Å². The molecule has 0 aliphatic carbocycles. The molecular weight excluding hydrogens is 376 g/mol. The van der Waals surface area contributed by atoms with Crippen molar-refractivity contribution in [3.63, 3.8) is 0 Å². The molecule has 3 heterocycles. The zero-order valence-corrected chi connectivity index (χ0v) is 17.4. The number of hydrogen-bond acceptors (Lipinski definition) is 6. The van der Waals surface area contributed by atoms with Gasteiger partial charge in [0.1, 0.15) is 6.33 Å². The van der Waals surface area contributed by atoms with Gasteiger partial charge in [-0.15, -0.1) is 5.10 Å². The Morgan fingerprint density at radius 2 is 1.80 bits per heavy atom. The highest BCUT2D eigenvalue weighted by atomic mass is 16.5. The summed E-state index contributed by atoms with van der Waals surface area (Å²) < 4.78 is 7.14. The Bertz CT molecular complexity index is 976. The molecule has 0 unspecified atom stereocenters. The molecule has 0 atom stereocenters. The van der Waals surface area contributed by atoms with Crippen molar-refractivity contribution in [3.05, 3.63) is 60.4 Å². The summed E-state index contributed by atoms with van der Waals surface area (Å²) in [5.74, 6) is 0.604. The molecule has 0 radical (unpaired) electrons. The number of nitrogens with one attached hydrogen (secondary N) is 1. The zero-order chi connectivity index (χ0) is 20.3. The van der Waals surface area contributed by atoms with Gasteiger partial charge in [-0.2, -0.15) is 4.98 Å². The number of aromatic nitrogens is 3. The Morgan fingerprint density at radius 1 is 1.00 bits per heavy atom. The Kier molecular flexibility index (Phi) is 5.38. The van der Waals surface area contributed by atoms with Crippen LogP contribution in [0.5, 0.6) is 0 Å². The fraction of sp³-hybridized carbons (Fsp3) is 0.391. The van der Waals surface area contributed by atoms with Crippen LogP contribution in [0.25, 0.3) is 5.69 Å². The number of rotatable bonds is 6. The summed E-state index contributed by atoms with van der Waals surface area (Å²) in [5, 5.41) is 7.98. The first-order valence-electron chi connectivity index (χ1n) is 10.7. The van der Waals surface area contributed by atoms with Crippen molar-refractivity contribution in [2.75, 3.05) is 49.6 Å². The average Bonchev–Trinajstić information content (AvgIpc) is 3.22. The normalized spacial score (nSPS) is 17.7. The van der Waals surface area contributed by atoms with Crippen LogP contribution >= 0.6 is 0 Å². The smallest absolute Gasteiger partial charge is 0.246 e. The lowest BCUT2D eigenvalue weighted by Gasteiger charge is -2.43. The van der Waals surface area contributed by atoms with E-state index in [4.69, 9.17) is 4.74 Å². The van der Waals surface area contributed by atoms with Crippen LogP contribution in [0.1, 0.15) is 12.5 Å². The van der Waals surface area contributed by atoms with Crippen molar-refractivity contribution in [1.29, 1.82) is 0 Å². The predicted octanol–water partition coefficient (Wildman–Crippen LogP) is 3.09. The number of nitrogens with zero attached hydrogens (tertiary/aromatic N) is 5. The molecule has 2 saturated heterocycles. The first-order valence-corrected chi connectivity index (χ1v) is 10.7. The summed E-state index contributed by atoms with van der Waals surface area (Å²) in [6, 6.07) is 17.4. The molecule has 30 heavy (non-hydrogen) atoms. The lowest BCUT2D eigenvalue weighted by Crippen LogP contribution is -2.56. The minimum Gasteiger partial charge on any atom is -0.378 e. The van der Waals surface area contributed by atoms with Crippen LogP contribution < -0.4 is 10.2 Å². The van der Waals surface area contributed by atoms with Gasteiger partial charge in [-0.25, -0.2) is 4.68 Å². The second-order valence-electron chi connectivity index (χ2n) is 7.93. The van der Waals surface area contributed by atoms with Crippen molar-refractivity contribution in [2.24, 2.45) is 0 Å². The lowest BCUT2D eigenvalue weighted by atomic mass is 10.1. The molecule has 156 valence electrons. The molecule has 1 aromatic heterocycles. The van der Waals surface area contributed by atoms with Gasteiger partial charge in [0.15, 0.2) is 0 Å². The standard InChI is InChI=1S/C23H28N6O/c1-2-18-12-19(25-23-24-17-29(26-23)20-6-4-3-5-7-20)14-21(13-18)27-8-10-28(11-9-27)22-15-30-16-22/h3-7,12-14,17,22H,2,8-11,15-16H2,1H3,(H,25,26). The number of para-hydroxylation sites is 1. The summed E-state index contributed by atoms with van der Waals surface area (Å²) >= 11 is 0. The van der Waals surface area contributed by atoms with E-state index >= 15 is 0 Å². The van der Waals surface area contributed by atoms with Gasteiger partial charge in [0.25, 0.3) is 0 Å². The van der Waals surface area contributed by atoms with Crippen molar-refractivity contribution >= 4 is 17.3 Å². The van der Waals surface area contributed by atoms with E-state index in [9.17, 15) is 0 Å². The number of hydrogen-bond donors (Lipinski definition) is 1. The monoisotopic (exact) mass is 404 g/mol. The van der Waals surface area contributed by atoms with Gasteiger partial charge in [-0.1, -0.05) is 25.1 Å². The van der Waals surface area contributed by atoms with Crippen LogP contribution in [0, 0.1) is 0 Å². The molecule has 0 saturated carbocycles. The molecule has 1 N–H and O–H groups in total. The predicted molar refractivity (Wildman–Crippen MR) is 119 cm³/mol. The Labute approximate surface area is 177 Å². The van der Waals surface area contributed by atoms with Crippen LogP contribution in [-0.4, -0.2) is 65.1 Å². The third-order valence-corrected chi connectivity index (χ3v) is 5.97. The van der Waals surface area contributed by atoms with Gasteiger partial charge in [0.05, 0.1) is 24.9 Å². The third kappa shape index (κ3) is 4.04. The minimum absolute atomic E-state index is 0.604. The van der Waals surface area contributed by atoms with Gasteiger partial charge in [-0.3, -0.25) is 4.90 Å². The molecular formula is C23H28N6O. The van der Waals surface area contributed by atoms with Crippen LogP contribution in [-0.2, 0) is 11.2 Å². The van der Waals surface area contributed by atoms with Crippen LogP contribution in [0.3, 0.4) is 0 Å². The van der Waals surface area contributed by atoms with E-state index in [1.807, 2.05) is 30.3 Å². The second kappa shape index (κ2) is 8.45. The van der Waals surface area contributed by atoms with Gasteiger partial charge >= 0.3 is 0 Å². The molecule has 2 aliphatic rings. The Morgan fingerprint density at radius 3 is 2.50 bits per heavy atom. The summed E-state index contributed by atoms with van der Waals surface area (Å²) in [7, 11) is 0. The second-order valence-corrected chi connectivity index (χ2v) is 7.93. The van der Waals surface area contributed by atoms with E-state index in [1.165, 1.54) is 11.3 Å². The van der Waals surface area contributed by atoms with Gasteiger partial charge in [0, 0.05) is 37.6 Å². The molecule has 7 nitrogen and oxygen atoms in total. The average molecular weight is 405 g/mol. The first kappa shape index (κ1) is 19.1. The van der Waals surface area contributed by atoms with Crippen LogP contribution in [0.2, 0.25) is 0 Å². The number of benzene rings is 2. The van der Waals surface area contributed by atoms with Crippen molar-refractivity contribution in [2.45, 2.75) is 19.4 Å². The summed E-state index contributed by atoms with van der Waals surface area (Å²) in [6.07, 6.45) is 2.74. The molecule has 0 bridgehead atoms. The fourth-order valence-electron chi connectivity index (χ4n) is 4.07. The molecule has 7 heteroatoms. The van der Waals surface area contributed by atoms with Gasteiger partial charge < -0.3 is 15.0 Å². The number of anilines is 3. The third-order valence-electron chi connectivity index (χ3n) is 5.97. The number of ether oxygens (including phenoxy) is 1. The molecule has 2 aliphatic heterocycles. The molecule has 5 rings (SSSR count). The highest BCUT2D eigenvalue weighted by Gasteiger charge is 2.29. The van der Waals surface area contributed by atoms with Crippen molar-refractivity contribution < 1.29 is 4.74 Å². The molecule has 3 aromatic rings. The van der Waals surface area contributed by atoms with Crippen molar-refractivity contribution in [3.8, 4) is 5.69 Å². The maximum Gasteiger partial charge on any atom is 0.246 e. The molecule has 2 aromatic carbocycles. The highest BCUT2D eigenvalue weighted by molar-refractivity contribution is 5.64. The van der Waals surface area contributed by atoms with Gasteiger partial charge in [-0.05, 0) is 42.3 Å².